The van der Waals surface area contributed by atoms with Crippen LogP contribution in [0.5, 0.6) is 0 Å². The maximum atomic E-state index is 12.4. The van der Waals surface area contributed by atoms with Crippen LogP contribution >= 0.6 is 0 Å². The van der Waals surface area contributed by atoms with E-state index in [2.05, 4.69) is 16.0 Å². The van der Waals surface area contributed by atoms with Gasteiger partial charge in [-0.25, -0.2) is 4.79 Å². The minimum atomic E-state index is -1.23. The van der Waals surface area contributed by atoms with Gasteiger partial charge in [0.05, 0.1) is 6.04 Å². The molecule has 8 N–H and O–H groups in total. The largest absolute Gasteiger partial charge is 0.480 e. The highest BCUT2D eigenvalue weighted by Crippen LogP contribution is 2.05. The van der Waals surface area contributed by atoms with E-state index in [1.165, 1.54) is 13.8 Å². The fraction of sp³-hybridized carbons (Fsp3) is 0.688. The van der Waals surface area contributed by atoms with Gasteiger partial charge in [0, 0.05) is 6.42 Å². The van der Waals surface area contributed by atoms with Gasteiger partial charge in [0.2, 0.25) is 23.6 Å². The van der Waals surface area contributed by atoms with Crippen molar-refractivity contribution in [3.63, 3.8) is 0 Å². The molecule has 11 nitrogen and oxygen atoms in total. The lowest BCUT2D eigenvalue weighted by molar-refractivity contribution is -0.143. The first kappa shape index (κ1) is 24.3. The first-order valence-corrected chi connectivity index (χ1v) is 8.54. The number of carbonyl (C=O) groups is 5. The van der Waals surface area contributed by atoms with Gasteiger partial charge in [-0.15, -0.1) is 0 Å². The third kappa shape index (κ3) is 8.99. The number of carbonyl (C=O) groups excluding carboxylic acids is 4. The molecule has 0 aromatic heterocycles. The van der Waals surface area contributed by atoms with Crippen molar-refractivity contribution in [1.82, 2.24) is 16.0 Å². The Hall–Kier alpha value is -2.69. The van der Waals surface area contributed by atoms with E-state index in [-0.39, 0.29) is 12.8 Å². The number of primary amides is 1. The molecular formula is C16H29N5O6. The number of carboxylic acids is 1. The van der Waals surface area contributed by atoms with E-state index >= 15 is 0 Å². The lowest BCUT2D eigenvalue weighted by atomic mass is 10.0. The minimum Gasteiger partial charge on any atom is -0.480 e. The Morgan fingerprint density at radius 3 is 1.85 bits per heavy atom. The summed E-state index contributed by atoms with van der Waals surface area (Å²) in [7, 11) is 0. The Balaban J connectivity index is 5.14. The second-order valence-corrected chi connectivity index (χ2v) is 6.65. The van der Waals surface area contributed by atoms with Gasteiger partial charge >= 0.3 is 5.97 Å². The van der Waals surface area contributed by atoms with Crippen molar-refractivity contribution in [2.24, 2.45) is 17.4 Å². The van der Waals surface area contributed by atoms with Crippen LogP contribution in [0.25, 0.3) is 0 Å². The molecule has 27 heavy (non-hydrogen) atoms. The molecule has 0 heterocycles. The molecule has 4 atom stereocenters. The standard InChI is InChI=1S/C16H29N5O6/c1-7(2)12(16(26)27)21-15(25)10(5-6-11(18)22)20-14(24)9(4)19-13(23)8(3)17/h7-10,12H,5-6,17H2,1-4H3,(H2,18,22)(H,19,23)(H,20,24)(H,21,25)(H,26,27). The van der Waals surface area contributed by atoms with Crippen LogP contribution < -0.4 is 27.4 Å². The average Bonchev–Trinajstić information content (AvgIpc) is 2.54. The predicted molar refractivity (Wildman–Crippen MR) is 96.0 cm³/mol. The number of hydrogen-bond donors (Lipinski definition) is 6. The Labute approximate surface area is 157 Å². The van der Waals surface area contributed by atoms with E-state index in [1.807, 2.05) is 0 Å². The SMILES string of the molecule is CC(N)C(=O)NC(C)C(=O)NC(CCC(N)=O)C(=O)NC(C(=O)O)C(C)C. The molecule has 0 aliphatic carbocycles. The van der Waals surface area contributed by atoms with Crippen LogP contribution in [0.3, 0.4) is 0 Å². The molecule has 154 valence electrons. The molecule has 0 spiro atoms. The van der Waals surface area contributed by atoms with Crippen LogP contribution in [0.4, 0.5) is 0 Å². The maximum absolute atomic E-state index is 12.4. The summed E-state index contributed by atoms with van der Waals surface area (Å²) in [6.07, 6.45) is -0.316. The third-order valence-electron chi connectivity index (χ3n) is 3.71. The van der Waals surface area contributed by atoms with E-state index in [0.29, 0.717) is 0 Å². The second kappa shape index (κ2) is 11.1. The first-order chi connectivity index (χ1) is 12.4. The van der Waals surface area contributed by atoms with Crippen LogP contribution in [0.2, 0.25) is 0 Å². The molecule has 0 radical (unpaired) electrons. The highest BCUT2D eigenvalue weighted by molar-refractivity contribution is 5.94. The summed E-state index contributed by atoms with van der Waals surface area (Å²) in [4.78, 5) is 58.5. The normalized spacial score (nSPS) is 15.2. The molecule has 0 aliphatic rings. The fourth-order valence-electron chi connectivity index (χ4n) is 2.03. The minimum absolute atomic E-state index is 0.120. The van der Waals surface area contributed by atoms with E-state index < -0.39 is 59.7 Å². The molecular weight excluding hydrogens is 358 g/mol. The molecule has 4 unspecified atom stereocenters. The number of amides is 4. The first-order valence-electron chi connectivity index (χ1n) is 8.54. The Kier molecular flexibility index (Phi) is 10.0. The number of carboxylic acid groups (broad SMARTS) is 1. The zero-order valence-electron chi connectivity index (χ0n) is 15.9. The summed E-state index contributed by atoms with van der Waals surface area (Å²) >= 11 is 0. The lowest BCUT2D eigenvalue weighted by Crippen LogP contribution is -2.56. The molecule has 0 saturated carbocycles. The number of hydrogen-bond acceptors (Lipinski definition) is 6. The van der Waals surface area contributed by atoms with Crippen LogP contribution in [-0.4, -0.2) is 58.9 Å². The number of nitrogens with one attached hydrogen (secondary N) is 3. The molecule has 0 aromatic carbocycles. The zero-order valence-corrected chi connectivity index (χ0v) is 15.9. The van der Waals surface area contributed by atoms with Crippen molar-refractivity contribution in [3.8, 4) is 0 Å². The van der Waals surface area contributed by atoms with Crippen molar-refractivity contribution in [3.05, 3.63) is 0 Å². The highest BCUT2D eigenvalue weighted by Gasteiger charge is 2.30. The number of aliphatic carboxylic acids is 1. The highest BCUT2D eigenvalue weighted by atomic mass is 16.4. The van der Waals surface area contributed by atoms with Gasteiger partial charge in [0.15, 0.2) is 0 Å². The number of nitrogens with two attached hydrogens (primary N) is 2. The van der Waals surface area contributed by atoms with Gasteiger partial charge in [0.1, 0.15) is 18.1 Å². The quantitative estimate of drug-likeness (QED) is 0.232. The molecule has 4 amide bonds. The Morgan fingerprint density at radius 2 is 1.44 bits per heavy atom. The van der Waals surface area contributed by atoms with Crippen molar-refractivity contribution in [2.75, 3.05) is 0 Å². The van der Waals surface area contributed by atoms with Crippen molar-refractivity contribution in [2.45, 2.75) is 64.7 Å². The molecule has 0 fully saturated rings. The summed E-state index contributed by atoms with van der Waals surface area (Å²) in [6, 6.07) is -4.18. The van der Waals surface area contributed by atoms with Crippen LogP contribution in [0, 0.1) is 5.92 Å². The zero-order chi connectivity index (χ0) is 21.3. The van der Waals surface area contributed by atoms with Gasteiger partial charge in [0.25, 0.3) is 0 Å². The van der Waals surface area contributed by atoms with Gasteiger partial charge in [-0.05, 0) is 26.2 Å². The summed E-state index contributed by atoms with van der Waals surface area (Å²) in [5.41, 5.74) is 10.5. The summed E-state index contributed by atoms with van der Waals surface area (Å²) in [6.45, 7) is 6.07. The lowest BCUT2D eigenvalue weighted by Gasteiger charge is -2.24. The topological polar surface area (TPSA) is 194 Å². The van der Waals surface area contributed by atoms with Gasteiger partial charge in [-0.3, -0.25) is 19.2 Å². The van der Waals surface area contributed by atoms with Crippen molar-refractivity contribution < 1.29 is 29.1 Å². The summed E-state index contributed by atoms with van der Waals surface area (Å²) in [5, 5.41) is 16.3. The maximum Gasteiger partial charge on any atom is 0.326 e. The van der Waals surface area contributed by atoms with Crippen LogP contribution in [-0.2, 0) is 24.0 Å². The van der Waals surface area contributed by atoms with Gasteiger partial charge < -0.3 is 32.5 Å². The van der Waals surface area contributed by atoms with Gasteiger partial charge in [-0.2, -0.15) is 0 Å². The molecule has 0 rings (SSSR count). The van der Waals surface area contributed by atoms with E-state index in [9.17, 15) is 29.1 Å². The van der Waals surface area contributed by atoms with Gasteiger partial charge in [-0.1, -0.05) is 13.8 Å². The predicted octanol–water partition coefficient (Wildman–Crippen LogP) is -2.19. The van der Waals surface area contributed by atoms with E-state index in [1.54, 1.807) is 13.8 Å². The molecule has 0 aliphatic heterocycles. The smallest absolute Gasteiger partial charge is 0.326 e. The second-order valence-electron chi connectivity index (χ2n) is 6.65. The fourth-order valence-corrected chi connectivity index (χ4v) is 2.03. The molecule has 0 saturated heterocycles. The Morgan fingerprint density at radius 1 is 0.889 bits per heavy atom. The van der Waals surface area contributed by atoms with Crippen molar-refractivity contribution in [1.29, 1.82) is 0 Å². The van der Waals surface area contributed by atoms with Crippen molar-refractivity contribution >= 4 is 29.6 Å². The monoisotopic (exact) mass is 387 g/mol. The van der Waals surface area contributed by atoms with E-state index in [4.69, 9.17) is 11.5 Å². The van der Waals surface area contributed by atoms with Crippen LogP contribution in [0.1, 0.15) is 40.5 Å². The van der Waals surface area contributed by atoms with E-state index in [0.717, 1.165) is 0 Å². The Bertz CT molecular complexity index is 578. The van der Waals surface area contributed by atoms with Crippen LogP contribution in [0.15, 0.2) is 0 Å². The summed E-state index contributed by atoms with van der Waals surface area (Å²) < 4.78 is 0. The third-order valence-corrected chi connectivity index (χ3v) is 3.71. The summed E-state index contributed by atoms with van der Waals surface area (Å²) in [5.74, 6) is -4.32. The average molecular weight is 387 g/mol. The molecule has 0 bridgehead atoms. The molecule has 0 aromatic rings. The number of rotatable bonds is 11. The molecule has 11 heteroatoms.